The number of guanidine groups is 1. The summed E-state index contributed by atoms with van der Waals surface area (Å²) in [5.74, 6) is 1.32. The Morgan fingerprint density at radius 3 is 1.46 bits per heavy atom. The van der Waals surface area contributed by atoms with Gasteiger partial charge in [0.25, 0.3) is 0 Å². The van der Waals surface area contributed by atoms with E-state index in [2.05, 4.69) is 103 Å². The van der Waals surface area contributed by atoms with Crippen molar-refractivity contribution in [1.29, 1.82) is 0 Å². The lowest BCUT2D eigenvalue weighted by Gasteiger charge is -2.39. The van der Waals surface area contributed by atoms with Crippen LogP contribution in [0.3, 0.4) is 0 Å². The Morgan fingerprint density at radius 1 is 0.731 bits per heavy atom. The van der Waals surface area contributed by atoms with Crippen molar-refractivity contribution in [3.8, 4) is 0 Å². The van der Waals surface area contributed by atoms with Gasteiger partial charge in [0, 0.05) is 6.42 Å². The molecule has 0 unspecified atom stereocenters. The second kappa shape index (κ2) is 9.09. The van der Waals surface area contributed by atoms with Gasteiger partial charge in [-0.25, -0.2) is 0 Å². The van der Waals surface area contributed by atoms with Crippen molar-refractivity contribution in [2.24, 2.45) is 0 Å². The lowest BCUT2D eigenvalue weighted by atomic mass is 10.0. The molecule has 1 saturated heterocycles. The highest BCUT2D eigenvalue weighted by Gasteiger charge is 2.38. The van der Waals surface area contributed by atoms with Crippen LogP contribution >= 0.6 is 0 Å². The van der Waals surface area contributed by atoms with E-state index in [0.717, 1.165) is 13.1 Å². The van der Waals surface area contributed by atoms with Gasteiger partial charge in [0.15, 0.2) is 0 Å². The molecule has 0 aliphatic carbocycles. The molecule has 1 fully saturated rings. The highest BCUT2D eigenvalue weighted by molar-refractivity contribution is 5.77. The molecule has 3 rings (SSSR count). The highest BCUT2D eigenvalue weighted by atomic mass is 35.5. The lowest BCUT2D eigenvalue weighted by molar-refractivity contribution is -0.478. The smallest absolute Gasteiger partial charge is 0.351 e. The van der Waals surface area contributed by atoms with Crippen molar-refractivity contribution in [3.63, 3.8) is 0 Å². The maximum Gasteiger partial charge on any atom is 0.351 e. The molecule has 3 nitrogen and oxygen atoms in total. The van der Waals surface area contributed by atoms with Gasteiger partial charge in [-0.3, -0.25) is 14.4 Å². The minimum absolute atomic E-state index is 0. The molecule has 140 valence electrons. The van der Waals surface area contributed by atoms with Crippen LogP contribution in [0.5, 0.6) is 0 Å². The molecule has 0 amide bonds. The first-order chi connectivity index (χ1) is 12.1. The van der Waals surface area contributed by atoms with E-state index in [-0.39, 0.29) is 12.4 Å². The van der Waals surface area contributed by atoms with E-state index in [1.807, 2.05) is 0 Å². The molecule has 0 radical (unpaired) electrons. The van der Waals surface area contributed by atoms with E-state index in [1.165, 1.54) is 23.5 Å². The molecule has 4 heteroatoms. The van der Waals surface area contributed by atoms with E-state index in [9.17, 15) is 0 Å². The van der Waals surface area contributed by atoms with Crippen molar-refractivity contribution in [2.45, 2.75) is 32.4 Å². The average Bonchev–Trinajstić information content (AvgIpc) is 2.67. The zero-order valence-corrected chi connectivity index (χ0v) is 17.0. The zero-order chi connectivity index (χ0) is 17.8. The molecule has 2 atom stereocenters. The Hall–Kier alpha value is -2.00. The van der Waals surface area contributed by atoms with Crippen LogP contribution in [0, 0.1) is 0 Å². The molecule has 1 aliphatic heterocycles. The molecular weight excluding hydrogens is 342 g/mol. The topological polar surface area (TPSA) is 9.49 Å². The summed E-state index contributed by atoms with van der Waals surface area (Å²) in [7, 11) is 4.33. The van der Waals surface area contributed by atoms with Gasteiger partial charge in [0.1, 0.15) is 0 Å². The molecule has 26 heavy (non-hydrogen) atoms. The van der Waals surface area contributed by atoms with Gasteiger partial charge in [-0.05, 0) is 25.0 Å². The largest absolute Gasteiger partial charge is 1.00 e. The normalized spacial score (nSPS) is 16.7. The first-order valence-corrected chi connectivity index (χ1v) is 9.27. The van der Waals surface area contributed by atoms with Crippen LogP contribution in [0.1, 0.15) is 43.5 Å². The number of hydrogen-bond donors (Lipinski definition) is 0. The van der Waals surface area contributed by atoms with E-state index in [1.54, 1.807) is 0 Å². The van der Waals surface area contributed by atoms with Crippen LogP contribution in [0.15, 0.2) is 60.7 Å². The summed E-state index contributed by atoms with van der Waals surface area (Å²) in [6.07, 6.45) is 1.19. The third kappa shape index (κ3) is 4.21. The Bertz CT molecular complexity index is 655. The molecule has 0 saturated carbocycles. The van der Waals surface area contributed by atoms with Gasteiger partial charge in [-0.15, -0.1) is 0 Å². The van der Waals surface area contributed by atoms with Crippen molar-refractivity contribution in [2.75, 3.05) is 27.2 Å². The van der Waals surface area contributed by atoms with Crippen LogP contribution in [0.25, 0.3) is 0 Å². The van der Waals surface area contributed by atoms with Gasteiger partial charge in [-0.1, -0.05) is 60.7 Å². The Balaban J connectivity index is 0.00000243. The number of rotatable bonds is 4. The fourth-order valence-electron chi connectivity index (χ4n) is 3.85. The maximum absolute atomic E-state index is 2.55. The number of hydrogen-bond acceptors (Lipinski definition) is 0. The fourth-order valence-corrected chi connectivity index (χ4v) is 3.85. The Labute approximate surface area is 164 Å². The van der Waals surface area contributed by atoms with E-state index >= 15 is 0 Å². The van der Waals surface area contributed by atoms with E-state index < -0.39 is 0 Å². The highest BCUT2D eigenvalue weighted by Crippen LogP contribution is 2.29. The predicted octanol–water partition coefficient (Wildman–Crippen LogP) is 1.15. The quantitative estimate of drug-likeness (QED) is 0.746. The summed E-state index contributed by atoms with van der Waals surface area (Å²) >= 11 is 0. The SMILES string of the molecule is C[C@@H](c1ccccc1)N1CCCN([C@@H](C)c2ccccc2)C1=[N+](C)C.[Cl-]. The molecular formula is C22H30ClN3. The minimum atomic E-state index is 0. The van der Waals surface area contributed by atoms with Crippen molar-refractivity contribution < 1.29 is 17.0 Å². The fraction of sp³-hybridized carbons (Fsp3) is 0.409. The zero-order valence-electron chi connectivity index (χ0n) is 16.3. The van der Waals surface area contributed by atoms with Gasteiger partial charge in [0.05, 0.1) is 39.3 Å². The van der Waals surface area contributed by atoms with Gasteiger partial charge < -0.3 is 12.4 Å². The predicted molar refractivity (Wildman–Crippen MR) is 105 cm³/mol. The maximum atomic E-state index is 2.55. The number of halogens is 1. The number of benzene rings is 2. The van der Waals surface area contributed by atoms with Crippen LogP contribution in [0.2, 0.25) is 0 Å². The molecule has 0 aromatic heterocycles. The summed E-state index contributed by atoms with van der Waals surface area (Å²) in [5.41, 5.74) is 2.74. The molecule has 2 aromatic rings. The summed E-state index contributed by atoms with van der Waals surface area (Å²) < 4.78 is 2.28. The first kappa shape index (κ1) is 20.3. The van der Waals surface area contributed by atoms with Crippen LogP contribution < -0.4 is 12.4 Å². The molecule has 2 aromatic carbocycles. The van der Waals surface area contributed by atoms with Crippen LogP contribution in [-0.4, -0.2) is 47.5 Å². The summed E-state index contributed by atoms with van der Waals surface area (Å²) in [5, 5.41) is 0. The Morgan fingerprint density at radius 2 is 1.12 bits per heavy atom. The minimum Gasteiger partial charge on any atom is -1.00 e. The van der Waals surface area contributed by atoms with Crippen molar-refractivity contribution >= 4 is 5.96 Å². The molecule has 0 N–H and O–H groups in total. The van der Waals surface area contributed by atoms with Crippen LogP contribution in [0.4, 0.5) is 0 Å². The number of nitrogens with zero attached hydrogens (tertiary/aromatic N) is 3. The van der Waals surface area contributed by atoms with Crippen LogP contribution in [-0.2, 0) is 0 Å². The van der Waals surface area contributed by atoms with Crippen molar-refractivity contribution in [3.05, 3.63) is 71.8 Å². The Kier molecular flexibility index (Phi) is 7.10. The molecule has 1 aliphatic rings. The van der Waals surface area contributed by atoms with Gasteiger partial charge in [0.2, 0.25) is 0 Å². The summed E-state index contributed by atoms with van der Waals surface area (Å²) in [4.78, 5) is 5.11. The third-order valence-corrected chi connectivity index (χ3v) is 5.21. The van der Waals surface area contributed by atoms with Gasteiger partial charge in [-0.2, -0.15) is 0 Å². The second-order valence-electron chi connectivity index (χ2n) is 7.11. The van der Waals surface area contributed by atoms with Crippen molar-refractivity contribution in [1.82, 2.24) is 9.80 Å². The molecule has 0 spiro atoms. The third-order valence-electron chi connectivity index (χ3n) is 5.21. The average molecular weight is 372 g/mol. The summed E-state index contributed by atoms with van der Waals surface area (Å²) in [6, 6.07) is 22.4. The lowest BCUT2D eigenvalue weighted by Crippen LogP contribution is -3.00. The summed E-state index contributed by atoms with van der Waals surface area (Å²) in [6.45, 7) is 6.83. The second-order valence-corrected chi connectivity index (χ2v) is 7.11. The molecule has 1 heterocycles. The van der Waals surface area contributed by atoms with E-state index in [4.69, 9.17) is 0 Å². The van der Waals surface area contributed by atoms with E-state index in [0.29, 0.717) is 12.1 Å². The monoisotopic (exact) mass is 371 g/mol. The molecule has 0 bridgehead atoms. The standard InChI is InChI=1S/C22H30N3.ClH/c1-18(20-12-7-5-8-13-20)24-16-11-17-25(22(24)23(3)4)19(2)21-14-9-6-10-15-21;/h5-10,12-15,18-19H,11,16-17H2,1-4H3;1H/q+1;/p-1/t18-,19-;/m0./s1. The first-order valence-electron chi connectivity index (χ1n) is 9.27. The van der Waals surface area contributed by atoms with Gasteiger partial charge >= 0.3 is 5.96 Å².